The first-order valence-electron chi connectivity index (χ1n) is 17.0. The Hall–Kier alpha value is -2.73. The smallest absolute Gasteiger partial charge is 0.230 e. The molecule has 3 saturated heterocycles. The summed E-state index contributed by atoms with van der Waals surface area (Å²) >= 11 is 6.16. The van der Waals surface area contributed by atoms with Crippen molar-refractivity contribution in [3.63, 3.8) is 0 Å². The maximum absolute atomic E-state index is 12.2. The van der Waals surface area contributed by atoms with Crippen molar-refractivity contribution in [2.75, 3.05) is 24.6 Å². The molecule has 5 fully saturated rings. The Kier molecular flexibility index (Phi) is 7.37. The monoisotopic (exact) mass is 661 g/mol. The normalized spacial score (nSPS) is 32.4. The van der Waals surface area contributed by atoms with Crippen molar-refractivity contribution >= 4 is 17.3 Å². The van der Waals surface area contributed by atoms with Crippen molar-refractivity contribution in [3.05, 3.63) is 88.9 Å². The van der Waals surface area contributed by atoms with E-state index < -0.39 is 54.0 Å². The molecule has 4 aliphatic heterocycles. The molecule has 6 atom stereocenters. The molecule has 3 aromatic carbocycles. The minimum Gasteiger partial charge on any atom is -0.456 e. The quantitative estimate of drug-likeness (QED) is 0.318. The van der Waals surface area contributed by atoms with Gasteiger partial charge in [-0.25, -0.2) is 0 Å². The van der Waals surface area contributed by atoms with Gasteiger partial charge in [0.2, 0.25) is 5.79 Å². The number of halogens is 1. The summed E-state index contributed by atoms with van der Waals surface area (Å²) in [6.07, 6.45) is 0.512. The molecule has 10 heteroatoms. The topological polar surface area (TPSA) is 88.1 Å². The number of para-hydroxylation sites is 2. The van der Waals surface area contributed by atoms with E-state index in [4.69, 9.17) is 44.8 Å². The number of piperidine rings is 1. The molecule has 9 nitrogen and oxygen atoms in total. The molecule has 2 saturated carbocycles. The number of rotatable bonds is 5. The summed E-state index contributed by atoms with van der Waals surface area (Å²) in [5.41, 5.74) is 2.64. The first-order valence-corrected chi connectivity index (χ1v) is 17.4. The molecule has 248 valence electrons. The molecule has 47 heavy (non-hydrogen) atoms. The lowest BCUT2D eigenvalue weighted by atomic mass is 9.84. The van der Waals surface area contributed by atoms with Crippen LogP contribution in [0.2, 0.25) is 5.02 Å². The van der Waals surface area contributed by atoms with E-state index in [1.807, 2.05) is 79.7 Å². The van der Waals surface area contributed by atoms with Gasteiger partial charge in [0, 0.05) is 56.1 Å². The standard InChI is InChI=1S/C37H40ClNO8/c1-2-41-35(19-21-39(22-20-35)24-15-13-23(38)14-16-24)43-31-29(40)30-32(45-36(44-30)17-7-8-18-36)34-33(31)46-37(47-34)25-9-3-5-11-27(25)42-28-12-6-4-10-26(28)37/h3-6,9-16,29-34,40H,2,7-8,17-22H2,1H3/t29-,30+,31+,32+,33-,34-/m1/s1. The molecule has 2 aliphatic carbocycles. The number of fused-ring (bicyclic) bond motifs is 7. The molecule has 0 radical (unpaired) electrons. The van der Waals surface area contributed by atoms with Crippen LogP contribution in [-0.2, 0) is 34.2 Å². The van der Waals surface area contributed by atoms with Gasteiger partial charge >= 0.3 is 0 Å². The third-order valence-corrected chi connectivity index (χ3v) is 11.1. The molecule has 6 aliphatic rings. The minimum absolute atomic E-state index is 0.464. The Balaban J connectivity index is 1.08. The molecule has 3 aromatic rings. The lowest BCUT2D eigenvalue weighted by Crippen LogP contribution is -2.65. The van der Waals surface area contributed by atoms with Gasteiger partial charge in [-0.05, 0) is 68.3 Å². The number of anilines is 1. The highest BCUT2D eigenvalue weighted by Crippen LogP contribution is 2.58. The molecular weight excluding hydrogens is 622 g/mol. The molecule has 1 N–H and O–H groups in total. The second-order valence-corrected chi connectivity index (χ2v) is 14.0. The summed E-state index contributed by atoms with van der Waals surface area (Å²) in [5, 5.41) is 12.9. The van der Waals surface area contributed by atoms with Crippen LogP contribution in [0, 0.1) is 0 Å². The highest BCUT2D eigenvalue weighted by atomic mass is 35.5. The largest absolute Gasteiger partial charge is 0.456 e. The number of hydrogen-bond donors (Lipinski definition) is 1. The van der Waals surface area contributed by atoms with Crippen molar-refractivity contribution in [1.29, 1.82) is 0 Å². The lowest BCUT2D eigenvalue weighted by molar-refractivity contribution is -0.310. The van der Waals surface area contributed by atoms with Crippen molar-refractivity contribution in [2.24, 2.45) is 0 Å². The Labute approximate surface area is 279 Å². The fraction of sp³-hybridized carbons (Fsp3) is 0.514. The van der Waals surface area contributed by atoms with Crippen LogP contribution in [0.25, 0.3) is 0 Å². The van der Waals surface area contributed by atoms with Crippen LogP contribution in [0.3, 0.4) is 0 Å². The third kappa shape index (κ3) is 4.85. The van der Waals surface area contributed by atoms with Gasteiger partial charge in [-0.2, -0.15) is 0 Å². The highest BCUT2D eigenvalue weighted by Gasteiger charge is 2.69. The number of nitrogens with zero attached hydrogens (tertiary/aromatic N) is 1. The number of hydrogen-bond acceptors (Lipinski definition) is 9. The zero-order chi connectivity index (χ0) is 31.8. The Morgan fingerprint density at radius 3 is 2.02 bits per heavy atom. The summed E-state index contributed by atoms with van der Waals surface area (Å²) in [5.74, 6) is -1.63. The zero-order valence-electron chi connectivity index (χ0n) is 26.4. The van der Waals surface area contributed by atoms with E-state index in [0.29, 0.717) is 49.1 Å². The van der Waals surface area contributed by atoms with Crippen LogP contribution in [-0.4, -0.2) is 73.0 Å². The second kappa shape index (κ2) is 11.4. The summed E-state index contributed by atoms with van der Waals surface area (Å²) in [4.78, 5) is 2.31. The summed E-state index contributed by atoms with van der Waals surface area (Å²) in [7, 11) is 0. The third-order valence-electron chi connectivity index (χ3n) is 10.8. The molecule has 0 unspecified atom stereocenters. The van der Waals surface area contributed by atoms with Crippen molar-refractivity contribution in [2.45, 2.75) is 99.4 Å². The average molecular weight is 662 g/mol. The van der Waals surface area contributed by atoms with Crippen LogP contribution >= 0.6 is 11.6 Å². The van der Waals surface area contributed by atoms with Crippen molar-refractivity contribution < 1.29 is 38.3 Å². The molecule has 9 rings (SSSR count). The highest BCUT2D eigenvalue weighted by molar-refractivity contribution is 6.30. The van der Waals surface area contributed by atoms with E-state index in [-0.39, 0.29) is 0 Å². The molecular formula is C37H40ClNO8. The second-order valence-electron chi connectivity index (χ2n) is 13.5. The van der Waals surface area contributed by atoms with E-state index in [0.717, 1.165) is 42.5 Å². The van der Waals surface area contributed by atoms with Gasteiger partial charge in [0.1, 0.15) is 48.1 Å². The predicted molar refractivity (Wildman–Crippen MR) is 173 cm³/mol. The molecule has 2 spiro atoms. The maximum Gasteiger partial charge on any atom is 0.230 e. The predicted octanol–water partition coefficient (Wildman–Crippen LogP) is 6.28. The van der Waals surface area contributed by atoms with Crippen LogP contribution in [0.4, 0.5) is 5.69 Å². The summed E-state index contributed by atoms with van der Waals surface area (Å²) in [6.45, 7) is 3.87. The van der Waals surface area contributed by atoms with Crippen molar-refractivity contribution in [3.8, 4) is 11.5 Å². The van der Waals surface area contributed by atoms with Crippen LogP contribution in [0.1, 0.15) is 56.6 Å². The van der Waals surface area contributed by atoms with E-state index >= 15 is 0 Å². The van der Waals surface area contributed by atoms with Gasteiger partial charge in [-0.15, -0.1) is 0 Å². The van der Waals surface area contributed by atoms with Gasteiger partial charge < -0.3 is 43.2 Å². The summed E-state index contributed by atoms with van der Waals surface area (Å²) in [6, 6.07) is 23.5. The number of aliphatic hydroxyl groups is 1. The summed E-state index contributed by atoms with van der Waals surface area (Å²) < 4.78 is 47.6. The average Bonchev–Trinajstić information content (AvgIpc) is 3.82. The fourth-order valence-electron chi connectivity index (χ4n) is 8.63. The van der Waals surface area contributed by atoms with E-state index in [1.54, 1.807) is 0 Å². The van der Waals surface area contributed by atoms with Crippen molar-refractivity contribution in [1.82, 2.24) is 0 Å². The van der Waals surface area contributed by atoms with Gasteiger partial charge in [0.25, 0.3) is 0 Å². The van der Waals surface area contributed by atoms with Gasteiger partial charge in [0.05, 0.1) is 11.1 Å². The zero-order valence-corrected chi connectivity index (χ0v) is 27.1. The van der Waals surface area contributed by atoms with Crippen LogP contribution in [0.15, 0.2) is 72.8 Å². The van der Waals surface area contributed by atoms with Gasteiger partial charge in [-0.3, -0.25) is 0 Å². The van der Waals surface area contributed by atoms with E-state index in [2.05, 4.69) is 4.90 Å². The Morgan fingerprint density at radius 1 is 0.766 bits per heavy atom. The molecule has 4 heterocycles. The molecule has 0 bridgehead atoms. The fourth-order valence-corrected chi connectivity index (χ4v) is 8.76. The lowest BCUT2D eigenvalue weighted by Gasteiger charge is -2.48. The van der Waals surface area contributed by atoms with Gasteiger partial charge in [-0.1, -0.05) is 35.9 Å². The van der Waals surface area contributed by atoms with Crippen LogP contribution < -0.4 is 9.64 Å². The van der Waals surface area contributed by atoms with Gasteiger partial charge in [0.15, 0.2) is 11.6 Å². The Bertz CT molecular complexity index is 1580. The van der Waals surface area contributed by atoms with E-state index in [1.165, 1.54) is 0 Å². The molecule has 0 amide bonds. The van der Waals surface area contributed by atoms with E-state index in [9.17, 15) is 5.11 Å². The first-order chi connectivity index (χ1) is 22.9. The molecule has 0 aromatic heterocycles. The Morgan fingerprint density at radius 2 is 1.36 bits per heavy atom. The first kappa shape index (κ1) is 30.3. The minimum atomic E-state index is -1.29. The SMILES string of the molecule is CCOC1(O[C@H]2[C@H](O)[C@@H]3OC4(CCCC4)O[C@@H]3[C@H]3OC4(O[C@@H]32)c2ccccc2Oc2ccccc24)CCN(c2ccc(Cl)cc2)CC1. The number of ether oxygens (including phenoxy) is 7. The maximum atomic E-state index is 12.2. The van der Waals surface area contributed by atoms with Crippen LogP contribution in [0.5, 0.6) is 11.5 Å². The number of benzene rings is 3. The number of aliphatic hydroxyl groups excluding tert-OH is 1.